The summed E-state index contributed by atoms with van der Waals surface area (Å²) in [4.78, 5) is 12.0. The van der Waals surface area contributed by atoms with Gasteiger partial charge in [-0.3, -0.25) is 4.79 Å². The van der Waals surface area contributed by atoms with Gasteiger partial charge in [0, 0.05) is 24.7 Å². The third-order valence-electron chi connectivity index (χ3n) is 4.56. The number of benzene rings is 2. The fraction of sp³-hybridized carbons (Fsp3) is 0.350. The van der Waals surface area contributed by atoms with Crippen LogP contribution < -0.4 is 10.6 Å². The van der Waals surface area contributed by atoms with Crippen molar-refractivity contribution < 1.29 is 9.18 Å². The molecule has 1 fully saturated rings. The summed E-state index contributed by atoms with van der Waals surface area (Å²) in [6, 6.07) is 14.5. The van der Waals surface area contributed by atoms with Crippen LogP contribution in [0.1, 0.15) is 36.8 Å². The van der Waals surface area contributed by atoms with Crippen LogP contribution in [0.5, 0.6) is 0 Å². The molecule has 0 radical (unpaired) electrons. The molecule has 0 saturated heterocycles. The van der Waals surface area contributed by atoms with Crippen LogP contribution in [0.25, 0.3) is 0 Å². The molecule has 1 saturated carbocycles. The first-order chi connectivity index (χ1) is 11.7. The van der Waals surface area contributed by atoms with Gasteiger partial charge < -0.3 is 10.6 Å². The first kappa shape index (κ1) is 16.5. The summed E-state index contributed by atoms with van der Waals surface area (Å²) in [5.74, 6) is 0.176. The molecule has 0 atom stereocenters. The van der Waals surface area contributed by atoms with Gasteiger partial charge in [0.25, 0.3) is 0 Å². The van der Waals surface area contributed by atoms with Gasteiger partial charge in [0.05, 0.1) is 0 Å². The minimum absolute atomic E-state index is 0.186. The van der Waals surface area contributed by atoms with E-state index in [2.05, 4.69) is 10.6 Å². The zero-order valence-electron chi connectivity index (χ0n) is 13.7. The van der Waals surface area contributed by atoms with E-state index in [1.807, 2.05) is 24.3 Å². The zero-order valence-corrected chi connectivity index (χ0v) is 13.7. The molecule has 1 aliphatic carbocycles. The molecular weight excluding hydrogens is 303 g/mol. The van der Waals surface area contributed by atoms with Crippen LogP contribution in [0, 0.1) is 11.7 Å². The molecule has 0 spiro atoms. The maximum Gasteiger partial charge on any atom is 0.223 e. The van der Waals surface area contributed by atoms with E-state index in [1.165, 1.54) is 25.0 Å². The highest BCUT2D eigenvalue weighted by molar-refractivity contribution is 5.78. The maximum atomic E-state index is 12.9. The predicted molar refractivity (Wildman–Crippen MR) is 94.0 cm³/mol. The Morgan fingerprint density at radius 1 is 0.917 bits per heavy atom. The second-order valence-corrected chi connectivity index (χ2v) is 6.38. The van der Waals surface area contributed by atoms with Gasteiger partial charge in [-0.1, -0.05) is 37.1 Å². The Balaban J connectivity index is 1.46. The molecule has 126 valence electrons. The molecule has 1 amide bonds. The highest BCUT2D eigenvalue weighted by Crippen LogP contribution is 2.24. The van der Waals surface area contributed by atoms with E-state index in [0.717, 1.165) is 29.7 Å². The molecule has 2 aromatic carbocycles. The van der Waals surface area contributed by atoms with Gasteiger partial charge in [-0.05, 0) is 48.2 Å². The van der Waals surface area contributed by atoms with Crippen LogP contribution in [0.2, 0.25) is 0 Å². The molecule has 0 unspecified atom stereocenters. The van der Waals surface area contributed by atoms with Gasteiger partial charge in [-0.15, -0.1) is 0 Å². The fourth-order valence-corrected chi connectivity index (χ4v) is 3.07. The molecular formula is C20H23FN2O. The van der Waals surface area contributed by atoms with Crippen LogP contribution in [-0.2, 0) is 17.9 Å². The van der Waals surface area contributed by atoms with Crippen molar-refractivity contribution in [3.63, 3.8) is 0 Å². The van der Waals surface area contributed by atoms with Gasteiger partial charge >= 0.3 is 0 Å². The summed E-state index contributed by atoms with van der Waals surface area (Å²) in [5.41, 5.74) is 3.13. The van der Waals surface area contributed by atoms with Crippen LogP contribution >= 0.6 is 0 Å². The summed E-state index contributed by atoms with van der Waals surface area (Å²) in [6.45, 7) is 1.23. The Kier molecular flexibility index (Phi) is 5.47. The van der Waals surface area contributed by atoms with Gasteiger partial charge in [0.15, 0.2) is 0 Å². The Hall–Kier alpha value is -2.36. The second-order valence-electron chi connectivity index (χ2n) is 6.38. The Bertz CT molecular complexity index is 661. The van der Waals surface area contributed by atoms with Crippen molar-refractivity contribution in [1.82, 2.24) is 5.32 Å². The largest absolute Gasteiger partial charge is 0.381 e. The van der Waals surface area contributed by atoms with Crippen molar-refractivity contribution in [2.75, 3.05) is 5.32 Å². The number of carbonyl (C=O) groups excluding carboxylic acids is 1. The number of nitrogens with one attached hydrogen (secondary N) is 2. The number of amides is 1. The van der Waals surface area contributed by atoms with Gasteiger partial charge in [0.1, 0.15) is 5.82 Å². The molecule has 2 aromatic rings. The number of carbonyl (C=O) groups is 1. The van der Waals surface area contributed by atoms with Crippen molar-refractivity contribution in [2.45, 2.75) is 38.8 Å². The van der Waals surface area contributed by atoms with Crippen molar-refractivity contribution in [1.29, 1.82) is 0 Å². The molecule has 0 aromatic heterocycles. The number of hydrogen-bond donors (Lipinski definition) is 2. The molecule has 0 heterocycles. The summed E-state index contributed by atoms with van der Waals surface area (Å²) in [6.07, 6.45) is 4.40. The van der Waals surface area contributed by atoms with E-state index < -0.39 is 0 Å². The first-order valence-electron chi connectivity index (χ1n) is 8.56. The monoisotopic (exact) mass is 326 g/mol. The normalized spacial score (nSPS) is 14.5. The minimum Gasteiger partial charge on any atom is -0.381 e. The number of rotatable bonds is 6. The average Bonchev–Trinajstić information content (AvgIpc) is 3.15. The zero-order chi connectivity index (χ0) is 16.8. The number of hydrogen-bond acceptors (Lipinski definition) is 2. The Morgan fingerprint density at radius 2 is 1.50 bits per heavy atom. The standard InChI is InChI=1S/C20H23FN2O/c21-18-9-5-15(6-10-18)13-22-19-11-7-16(8-12-19)14-23-20(24)17-3-1-2-4-17/h5-12,17,22H,1-4,13-14H2,(H,23,24). The first-order valence-corrected chi connectivity index (χ1v) is 8.56. The van der Waals surface area contributed by atoms with Gasteiger partial charge in [-0.2, -0.15) is 0 Å². The molecule has 3 rings (SSSR count). The Labute approximate surface area is 142 Å². The van der Waals surface area contributed by atoms with E-state index in [0.29, 0.717) is 13.1 Å². The molecule has 0 aliphatic heterocycles. The fourth-order valence-electron chi connectivity index (χ4n) is 3.07. The molecule has 0 bridgehead atoms. The van der Waals surface area contributed by atoms with Crippen molar-refractivity contribution in [3.05, 3.63) is 65.5 Å². The third kappa shape index (κ3) is 4.57. The molecule has 3 nitrogen and oxygen atoms in total. The lowest BCUT2D eigenvalue weighted by molar-refractivity contribution is -0.124. The summed E-state index contributed by atoms with van der Waals surface area (Å²) >= 11 is 0. The SMILES string of the molecule is O=C(NCc1ccc(NCc2ccc(F)cc2)cc1)C1CCCC1. The molecule has 24 heavy (non-hydrogen) atoms. The predicted octanol–water partition coefficient (Wildman–Crippen LogP) is 4.24. The summed E-state index contributed by atoms with van der Waals surface area (Å²) in [7, 11) is 0. The van der Waals surface area contributed by atoms with Crippen molar-refractivity contribution in [3.8, 4) is 0 Å². The van der Waals surface area contributed by atoms with Crippen molar-refractivity contribution in [2.24, 2.45) is 5.92 Å². The smallest absolute Gasteiger partial charge is 0.223 e. The number of anilines is 1. The van der Waals surface area contributed by atoms with Crippen LogP contribution in [-0.4, -0.2) is 5.91 Å². The van der Waals surface area contributed by atoms with Crippen LogP contribution in [0.3, 0.4) is 0 Å². The molecule has 2 N–H and O–H groups in total. The molecule has 4 heteroatoms. The van der Waals surface area contributed by atoms with Gasteiger partial charge in [-0.25, -0.2) is 4.39 Å². The topological polar surface area (TPSA) is 41.1 Å². The maximum absolute atomic E-state index is 12.9. The summed E-state index contributed by atoms with van der Waals surface area (Å²) < 4.78 is 12.9. The minimum atomic E-state index is -0.220. The average molecular weight is 326 g/mol. The molecule has 1 aliphatic rings. The lowest BCUT2D eigenvalue weighted by atomic mass is 10.1. The second kappa shape index (κ2) is 7.95. The lowest BCUT2D eigenvalue weighted by Crippen LogP contribution is -2.28. The van der Waals surface area contributed by atoms with Crippen LogP contribution in [0.4, 0.5) is 10.1 Å². The highest BCUT2D eigenvalue weighted by Gasteiger charge is 2.21. The van der Waals surface area contributed by atoms with E-state index in [1.54, 1.807) is 12.1 Å². The lowest BCUT2D eigenvalue weighted by Gasteiger charge is -2.11. The van der Waals surface area contributed by atoms with E-state index in [9.17, 15) is 9.18 Å². The van der Waals surface area contributed by atoms with Crippen molar-refractivity contribution >= 4 is 11.6 Å². The van der Waals surface area contributed by atoms with E-state index in [4.69, 9.17) is 0 Å². The van der Waals surface area contributed by atoms with E-state index in [-0.39, 0.29) is 17.6 Å². The number of halogens is 1. The highest BCUT2D eigenvalue weighted by atomic mass is 19.1. The quantitative estimate of drug-likeness (QED) is 0.833. The van der Waals surface area contributed by atoms with E-state index >= 15 is 0 Å². The third-order valence-corrected chi connectivity index (χ3v) is 4.56. The van der Waals surface area contributed by atoms with Crippen LogP contribution in [0.15, 0.2) is 48.5 Å². The van der Waals surface area contributed by atoms with Gasteiger partial charge in [0.2, 0.25) is 5.91 Å². The Morgan fingerprint density at radius 3 is 2.17 bits per heavy atom. The summed E-state index contributed by atoms with van der Waals surface area (Å²) in [5, 5.41) is 6.34.